The monoisotopic (exact) mass is 229 g/mol. The van der Waals surface area contributed by atoms with Crippen molar-refractivity contribution in [2.24, 2.45) is 0 Å². The zero-order valence-electron chi connectivity index (χ0n) is 7.82. The lowest BCUT2D eigenvalue weighted by Gasteiger charge is -2.25. The first-order valence-corrected chi connectivity index (χ1v) is 6.14. The molecule has 3 nitrogen and oxygen atoms in total. The molecule has 0 amide bonds. The maximum absolute atomic E-state index is 5.66. The molecule has 1 saturated heterocycles. The van der Waals surface area contributed by atoms with Crippen LogP contribution in [0.5, 0.6) is 0 Å². The van der Waals surface area contributed by atoms with Crippen LogP contribution in [0.1, 0.15) is 5.69 Å². The third kappa shape index (κ3) is 2.83. The smallest absolute Gasteiger partial charge is 0.147 e. The van der Waals surface area contributed by atoms with Gasteiger partial charge in [-0.1, -0.05) is 11.6 Å². The molecule has 0 N–H and O–H groups in total. The van der Waals surface area contributed by atoms with Crippen molar-refractivity contribution in [2.45, 2.75) is 6.54 Å². The highest BCUT2D eigenvalue weighted by Gasteiger charge is 2.11. The van der Waals surface area contributed by atoms with Gasteiger partial charge in [0.15, 0.2) is 0 Å². The Morgan fingerprint density at radius 2 is 2.07 bits per heavy atom. The first kappa shape index (κ1) is 10.2. The van der Waals surface area contributed by atoms with E-state index in [9.17, 15) is 0 Å². The molecule has 2 heterocycles. The van der Waals surface area contributed by atoms with E-state index in [-0.39, 0.29) is 0 Å². The molecule has 1 fully saturated rings. The van der Waals surface area contributed by atoms with Crippen LogP contribution in [0.25, 0.3) is 0 Å². The Labute approximate surface area is 92.9 Å². The van der Waals surface area contributed by atoms with E-state index in [0.29, 0.717) is 5.15 Å². The summed E-state index contributed by atoms with van der Waals surface area (Å²) < 4.78 is 0. The van der Waals surface area contributed by atoms with Crippen molar-refractivity contribution in [3.05, 3.63) is 23.2 Å². The van der Waals surface area contributed by atoms with E-state index >= 15 is 0 Å². The molecule has 5 heteroatoms. The van der Waals surface area contributed by atoms with Crippen LogP contribution in [0.3, 0.4) is 0 Å². The zero-order valence-corrected chi connectivity index (χ0v) is 9.39. The van der Waals surface area contributed by atoms with Crippen LogP contribution in [0.4, 0.5) is 0 Å². The second-order valence-electron chi connectivity index (χ2n) is 3.22. The van der Waals surface area contributed by atoms with Crippen LogP contribution in [-0.4, -0.2) is 39.5 Å². The van der Waals surface area contributed by atoms with Gasteiger partial charge in [-0.2, -0.15) is 11.8 Å². The Morgan fingerprint density at radius 1 is 1.29 bits per heavy atom. The summed E-state index contributed by atoms with van der Waals surface area (Å²) in [5.74, 6) is 2.45. The molecule has 1 aromatic rings. The fourth-order valence-corrected chi connectivity index (χ4v) is 2.49. The van der Waals surface area contributed by atoms with E-state index in [1.54, 1.807) is 12.4 Å². The molecule has 0 unspecified atom stereocenters. The lowest BCUT2D eigenvalue weighted by Crippen LogP contribution is -2.32. The van der Waals surface area contributed by atoms with Crippen LogP contribution in [0, 0.1) is 0 Å². The minimum atomic E-state index is 0.461. The first-order chi connectivity index (χ1) is 6.84. The number of thioether (sulfide) groups is 1. The van der Waals surface area contributed by atoms with Gasteiger partial charge in [0.25, 0.3) is 0 Å². The van der Waals surface area contributed by atoms with Crippen LogP contribution < -0.4 is 0 Å². The molecule has 0 atom stereocenters. The maximum Gasteiger partial charge on any atom is 0.147 e. The topological polar surface area (TPSA) is 29.0 Å². The van der Waals surface area contributed by atoms with E-state index < -0.39 is 0 Å². The Balaban J connectivity index is 1.92. The number of aromatic nitrogens is 2. The van der Waals surface area contributed by atoms with Gasteiger partial charge in [-0.15, -0.1) is 0 Å². The van der Waals surface area contributed by atoms with Gasteiger partial charge in [-0.25, -0.2) is 4.98 Å². The summed E-state index contributed by atoms with van der Waals surface area (Å²) >= 11 is 7.68. The molecule has 1 aromatic heterocycles. The number of nitrogens with zero attached hydrogens (tertiary/aromatic N) is 3. The minimum absolute atomic E-state index is 0.461. The molecule has 0 aromatic carbocycles. The highest BCUT2D eigenvalue weighted by Crippen LogP contribution is 2.11. The van der Waals surface area contributed by atoms with Gasteiger partial charge in [0.2, 0.25) is 0 Å². The third-order valence-corrected chi connectivity index (χ3v) is 3.30. The molecule has 0 radical (unpaired) electrons. The SMILES string of the molecule is Clc1cnc(CN2CCSCC2)cn1. The van der Waals surface area contributed by atoms with E-state index in [4.69, 9.17) is 11.6 Å². The summed E-state index contributed by atoms with van der Waals surface area (Å²) in [6, 6.07) is 0. The second kappa shape index (κ2) is 4.96. The zero-order chi connectivity index (χ0) is 9.80. The average Bonchev–Trinajstić information content (AvgIpc) is 2.23. The van der Waals surface area contributed by atoms with Crippen LogP contribution in [-0.2, 0) is 6.54 Å². The van der Waals surface area contributed by atoms with Gasteiger partial charge >= 0.3 is 0 Å². The lowest BCUT2D eigenvalue weighted by atomic mass is 10.4. The minimum Gasteiger partial charge on any atom is -0.296 e. The highest BCUT2D eigenvalue weighted by atomic mass is 35.5. The normalized spacial score (nSPS) is 18.4. The predicted octanol–water partition coefficient (Wildman–Crippen LogP) is 1.68. The Bertz CT molecular complexity index is 285. The molecule has 0 spiro atoms. The van der Waals surface area contributed by atoms with Gasteiger partial charge < -0.3 is 0 Å². The molecule has 0 bridgehead atoms. The Hall–Kier alpha value is -0.320. The van der Waals surface area contributed by atoms with Gasteiger partial charge in [-0.3, -0.25) is 9.88 Å². The molecule has 0 saturated carbocycles. The van der Waals surface area contributed by atoms with Crippen molar-refractivity contribution >= 4 is 23.4 Å². The summed E-state index contributed by atoms with van der Waals surface area (Å²) in [6.07, 6.45) is 3.36. The van der Waals surface area contributed by atoms with E-state index in [1.807, 2.05) is 11.8 Å². The van der Waals surface area contributed by atoms with E-state index in [0.717, 1.165) is 25.3 Å². The third-order valence-electron chi connectivity index (χ3n) is 2.16. The van der Waals surface area contributed by atoms with Crippen molar-refractivity contribution in [1.82, 2.24) is 14.9 Å². The maximum atomic E-state index is 5.66. The van der Waals surface area contributed by atoms with Crippen molar-refractivity contribution in [1.29, 1.82) is 0 Å². The molecule has 1 aliphatic heterocycles. The molecule has 14 heavy (non-hydrogen) atoms. The quantitative estimate of drug-likeness (QED) is 0.772. The molecular weight excluding hydrogens is 218 g/mol. The molecule has 1 aliphatic rings. The summed E-state index contributed by atoms with van der Waals surface area (Å²) in [6.45, 7) is 3.19. The molecule has 2 rings (SSSR count). The van der Waals surface area contributed by atoms with Gasteiger partial charge in [0, 0.05) is 31.1 Å². The van der Waals surface area contributed by atoms with Gasteiger partial charge in [-0.05, 0) is 0 Å². The number of rotatable bonds is 2. The molecule has 76 valence electrons. The van der Waals surface area contributed by atoms with Gasteiger partial charge in [0.1, 0.15) is 5.15 Å². The van der Waals surface area contributed by atoms with Gasteiger partial charge in [0.05, 0.1) is 18.1 Å². The van der Waals surface area contributed by atoms with Crippen LogP contribution in [0.2, 0.25) is 5.15 Å². The largest absolute Gasteiger partial charge is 0.296 e. The summed E-state index contributed by atoms with van der Waals surface area (Å²) in [7, 11) is 0. The summed E-state index contributed by atoms with van der Waals surface area (Å²) in [5.41, 5.74) is 1.00. The van der Waals surface area contributed by atoms with Crippen molar-refractivity contribution in [3.63, 3.8) is 0 Å². The fourth-order valence-electron chi connectivity index (χ4n) is 1.41. The molecule has 0 aliphatic carbocycles. The number of hydrogen-bond acceptors (Lipinski definition) is 4. The van der Waals surface area contributed by atoms with Crippen molar-refractivity contribution in [2.75, 3.05) is 24.6 Å². The number of halogens is 1. The summed E-state index contributed by atoms with van der Waals surface area (Å²) in [4.78, 5) is 10.6. The first-order valence-electron chi connectivity index (χ1n) is 4.61. The van der Waals surface area contributed by atoms with Crippen LogP contribution in [0.15, 0.2) is 12.4 Å². The van der Waals surface area contributed by atoms with E-state index in [1.165, 1.54) is 11.5 Å². The Morgan fingerprint density at radius 3 is 2.71 bits per heavy atom. The second-order valence-corrected chi connectivity index (χ2v) is 4.83. The summed E-state index contributed by atoms with van der Waals surface area (Å²) in [5, 5.41) is 0.461. The van der Waals surface area contributed by atoms with E-state index in [2.05, 4.69) is 14.9 Å². The van der Waals surface area contributed by atoms with Crippen molar-refractivity contribution in [3.8, 4) is 0 Å². The van der Waals surface area contributed by atoms with Crippen LogP contribution >= 0.6 is 23.4 Å². The fraction of sp³-hybridized carbons (Fsp3) is 0.556. The average molecular weight is 230 g/mol. The highest BCUT2D eigenvalue weighted by molar-refractivity contribution is 7.99. The predicted molar refractivity (Wildman–Crippen MR) is 59.6 cm³/mol. The Kier molecular flexibility index (Phi) is 3.61. The number of hydrogen-bond donors (Lipinski definition) is 0. The van der Waals surface area contributed by atoms with Crippen molar-refractivity contribution < 1.29 is 0 Å². The standard InChI is InChI=1S/C9H12ClN3S/c10-9-6-11-8(5-12-9)7-13-1-3-14-4-2-13/h5-6H,1-4,7H2. The lowest BCUT2D eigenvalue weighted by molar-refractivity contribution is 0.290. The molecular formula is C9H12ClN3S.